The largest absolute Gasteiger partial charge is 0.330 e. The van der Waals surface area contributed by atoms with Crippen LogP contribution in [0.25, 0.3) is 10.4 Å². The van der Waals surface area contributed by atoms with Crippen molar-refractivity contribution in [3.63, 3.8) is 0 Å². The molecule has 0 aliphatic heterocycles. The van der Waals surface area contributed by atoms with E-state index >= 15 is 0 Å². The van der Waals surface area contributed by atoms with Crippen molar-refractivity contribution in [2.24, 2.45) is 5.73 Å². The molecule has 2 N–H and O–H groups in total. The second kappa shape index (κ2) is 5.35. The third kappa shape index (κ3) is 2.84. The molecule has 1 nitrogen and oxygen atoms in total. The zero-order valence-electron chi connectivity index (χ0n) is 8.35. The van der Waals surface area contributed by atoms with E-state index in [1.807, 2.05) is 0 Å². The minimum atomic E-state index is 0.733. The SMILES string of the molecule is NCCSc1ccc(-c2cccs2)cc1. The molecule has 0 aliphatic carbocycles. The summed E-state index contributed by atoms with van der Waals surface area (Å²) in [4.78, 5) is 2.62. The van der Waals surface area contributed by atoms with Crippen LogP contribution in [0.3, 0.4) is 0 Å². The van der Waals surface area contributed by atoms with Gasteiger partial charge in [0, 0.05) is 22.1 Å². The number of nitrogens with two attached hydrogens (primary N) is 1. The van der Waals surface area contributed by atoms with E-state index in [9.17, 15) is 0 Å². The van der Waals surface area contributed by atoms with Crippen molar-refractivity contribution in [2.45, 2.75) is 4.90 Å². The average molecular weight is 235 g/mol. The van der Waals surface area contributed by atoms with Gasteiger partial charge in [-0.25, -0.2) is 0 Å². The lowest BCUT2D eigenvalue weighted by Gasteiger charge is -2.01. The lowest BCUT2D eigenvalue weighted by atomic mass is 10.2. The maximum absolute atomic E-state index is 5.46. The van der Waals surface area contributed by atoms with Crippen LogP contribution in [0, 0.1) is 0 Å². The summed E-state index contributed by atoms with van der Waals surface area (Å²) in [5.74, 6) is 0.984. The molecule has 2 rings (SSSR count). The van der Waals surface area contributed by atoms with Crippen LogP contribution in [0.15, 0.2) is 46.7 Å². The lowest BCUT2D eigenvalue weighted by molar-refractivity contribution is 1.15. The summed E-state index contributed by atoms with van der Waals surface area (Å²) < 4.78 is 0. The average Bonchev–Trinajstić information content (AvgIpc) is 2.80. The van der Waals surface area contributed by atoms with E-state index in [4.69, 9.17) is 5.73 Å². The van der Waals surface area contributed by atoms with Gasteiger partial charge in [-0.1, -0.05) is 18.2 Å². The minimum absolute atomic E-state index is 0.733. The molecule has 78 valence electrons. The van der Waals surface area contributed by atoms with Crippen LogP contribution < -0.4 is 5.73 Å². The van der Waals surface area contributed by atoms with Crippen LogP contribution in [0.4, 0.5) is 0 Å². The highest BCUT2D eigenvalue weighted by Gasteiger charge is 1.98. The molecule has 0 saturated carbocycles. The van der Waals surface area contributed by atoms with Gasteiger partial charge < -0.3 is 5.73 Å². The Bertz CT molecular complexity index is 392. The van der Waals surface area contributed by atoms with Crippen molar-refractivity contribution in [1.29, 1.82) is 0 Å². The van der Waals surface area contributed by atoms with E-state index < -0.39 is 0 Å². The van der Waals surface area contributed by atoms with Crippen LogP contribution in [0.2, 0.25) is 0 Å². The number of hydrogen-bond acceptors (Lipinski definition) is 3. The van der Waals surface area contributed by atoms with Gasteiger partial charge in [-0.2, -0.15) is 0 Å². The van der Waals surface area contributed by atoms with Crippen LogP contribution in [0.1, 0.15) is 0 Å². The van der Waals surface area contributed by atoms with Gasteiger partial charge in [-0.3, -0.25) is 0 Å². The number of thioether (sulfide) groups is 1. The highest BCUT2D eigenvalue weighted by molar-refractivity contribution is 7.99. The first-order valence-electron chi connectivity index (χ1n) is 4.87. The Morgan fingerprint density at radius 1 is 1.13 bits per heavy atom. The zero-order valence-corrected chi connectivity index (χ0v) is 9.98. The molecule has 15 heavy (non-hydrogen) atoms. The Morgan fingerprint density at radius 3 is 2.53 bits per heavy atom. The molecule has 0 radical (unpaired) electrons. The smallest absolute Gasteiger partial charge is 0.0342 e. The molecule has 1 heterocycles. The van der Waals surface area contributed by atoms with Crippen molar-refractivity contribution in [3.05, 3.63) is 41.8 Å². The summed E-state index contributed by atoms with van der Waals surface area (Å²) in [7, 11) is 0. The van der Waals surface area contributed by atoms with E-state index in [0.29, 0.717) is 0 Å². The van der Waals surface area contributed by atoms with E-state index in [0.717, 1.165) is 12.3 Å². The monoisotopic (exact) mass is 235 g/mol. The lowest BCUT2D eigenvalue weighted by Crippen LogP contribution is -2.00. The summed E-state index contributed by atoms with van der Waals surface area (Å²) in [6, 6.07) is 12.9. The van der Waals surface area contributed by atoms with Crippen LogP contribution in [-0.4, -0.2) is 12.3 Å². The van der Waals surface area contributed by atoms with E-state index in [1.54, 1.807) is 23.1 Å². The van der Waals surface area contributed by atoms with Crippen LogP contribution in [-0.2, 0) is 0 Å². The van der Waals surface area contributed by atoms with Crippen molar-refractivity contribution in [1.82, 2.24) is 0 Å². The molecule has 0 bridgehead atoms. The van der Waals surface area contributed by atoms with Crippen molar-refractivity contribution < 1.29 is 0 Å². The third-order valence-electron chi connectivity index (χ3n) is 2.05. The van der Waals surface area contributed by atoms with Crippen molar-refractivity contribution in [3.8, 4) is 10.4 Å². The van der Waals surface area contributed by atoms with Crippen molar-refractivity contribution in [2.75, 3.05) is 12.3 Å². The maximum Gasteiger partial charge on any atom is 0.0342 e. The summed E-state index contributed by atoms with van der Waals surface area (Å²) >= 11 is 3.58. The van der Waals surface area contributed by atoms with Gasteiger partial charge in [0.2, 0.25) is 0 Å². The van der Waals surface area contributed by atoms with Gasteiger partial charge in [0.05, 0.1) is 0 Å². The Kier molecular flexibility index (Phi) is 3.83. The molecule has 1 aromatic heterocycles. The van der Waals surface area contributed by atoms with Crippen LogP contribution in [0.5, 0.6) is 0 Å². The Hall–Kier alpha value is -0.770. The standard InChI is InChI=1S/C12H13NS2/c13-7-9-14-11-5-3-10(4-6-11)12-2-1-8-15-12/h1-6,8H,7,9,13H2. The van der Waals surface area contributed by atoms with Gasteiger partial charge in [0.15, 0.2) is 0 Å². The molecule has 2 aromatic rings. The highest BCUT2D eigenvalue weighted by Crippen LogP contribution is 2.27. The molecular formula is C12H13NS2. The first kappa shape index (κ1) is 10.7. The molecule has 3 heteroatoms. The van der Waals surface area contributed by atoms with Gasteiger partial charge in [-0.05, 0) is 29.1 Å². The Morgan fingerprint density at radius 2 is 1.93 bits per heavy atom. The normalized spacial score (nSPS) is 10.5. The van der Waals surface area contributed by atoms with Crippen molar-refractivity contribution >= 4 is 23.1 Å². The summed E-state index contributed by atoms with van der Waals surface area (Å²) in [5, 5.41) is 2.10. The fourth-order valence-electron chi connectivity index (χ4n) is 1.34. The number of rotatable bonds is 4. The first-order chi connectivity index (χ1) is 7.40. The molecule has 0 spiro atoms. The topological polar surface area (TPSA) is 26.0 Å². The fraction of sp³-hybridized carbons (Fsp3) is 0.167. The maximum atomic E-state index is 5.46. The summed E-state index contributed by atoms with van der Waals surface area (Å²) in [6.07, 6.45) is 0. The van der Waals surface area contributed by atoms with E-state index in [2.05, 4.69) is 41.8 Å². The molecule has 0 fully saturated rings. The quantitative estimate of drug-likeness (QED) is 0.821. The molecule has 0 saturated heterocycles. The van der Waals surface area contributed by atoms with Gasteiger partial charge in [0.25, 0.3) is 0 Å². The molecule has 0 aliphatic rings. The molecule has 0 amide bonds. The zero-order chi connectivity index (χ0) is 10.5. The Labute approximate surface area is 98.3 Å². The predicted molar refractivity (Wildman–Crippen MR) is 69.5 cm³/mol. The summed E-state index contributed by atoms with van der Waals surface area (Å²) in [5.41, 5.74) is 6.76. The minimum Gasteiger partial charge on any atom is -0.330 e. The van der Waals surface area contributed by atoms with Gasteiger partial charge >= 0.3 is 0 Å². The second-order valence-electron chi connectivity index (χ2n) is 3.14. The third-order valence-corrected chi connectivity index (χ3v) is 4.01. The summed E-state index contributed by atoms with van der Waals surface area (Å²) in [6.45, 7) is 0.733. The molecule has 1 aromatic carbocycles. The second-order valence-corrected chi connectivity index (χ2v) is 5.25. The number of benzene rings is 1. The van der Waals surface area contributed by atoms with Gasteiger partial charge in [-0.15, -0.1) is 23.1 Å². The highest BCUT2D eigenvalue weighted by atomic mass is 32.2. The fourth-order valence-corrected chi connectivity index (χ4v) is 2.75. The predicted octanol–water partition coefficient (Wildman–Crippen LogP) is 3.47. The first-order valence-corrected chi connectivity index (χ1v) is 6.73. The van der Waals surface area contributed by atoms with Gasteiger partial charge in [0.1, 0.15) is 0 Å². The molecule has 0 unspecified atom stereocenters. The van der Waals surface area contributed by atoms with E-state index in [1.165, 1.54) is 15.3 Å². The van der Waals surface area contributed by atoms with Crippen LogP contribution >= 0.6 is 23.1 Å². The molecule has 0 atom stereocenters. The molecular weight excluding hydrogens is 222 g/mol. The number of thiophene rings is 1. The Balaban J connectivity index is 2.11. The number of hydrogen-bond donors (Lipinski definition) is 1. The van der Waals surface area contributed by atoms with E-state index in [-0.39, 0.29) is 0 Å².